The van der Waals surface area contributed by atoms with Crippen molar-refractivity contribution in [1.29, 1.82) is 0 Å². The van der Waals surface area contributed by atoms with Crippen molar-refractivity contribution >= 4 is 0 Å². The van der Waals surface area contributed by atoms with Crippen LogP contribution in [0.15, 0.2) is 18.2 Å². The molecule has 0 saturated carbocycles. The highest BCUT2D eigenvalue weighted by Crippen LogP contribution is 2.30. The first kappa shape index (κ1) is 10.5. The number of halogens is 2. The van der Waals surface area contributed by atoms with E-state index < -0.39 is 17.2 Å². The first-order valence-corrected chi connectivity index (χ1v) is 4.95. The lowest BCUT2D eigenvalue weighted by atomic mass is 9.85. The van der Waals surface area contributed by atoms with Crippen LogP contribution in [0.5, 0.6) is 0 Å². The zero-order valence-corrected chi connectivity index (χ0v) is 8.30. The molecule has 1 aliphatic heterocycles. The smallest absolute Gasteiger partial charge is 0.163 e. The predicted octanol–water partition coefficient (Wildman–Crippen LogP) is 1.93. The maximum Gasteiger partial charge on any atom is 0.163 e. The molecule has 2 N–H and O–H groups in total. The van der Waals surface area contributed by atoms with Gasteiger partial charge in [-0.15, -0.1) is 0 Å². The van der Waals surface area contributed by atoms with Gasteiger partial charge in [0.05, 0.1) is 12.1 Å². The fraction of sp³-hybridized carbons (Fsp3) is 0.455. The van der Waals surface area contributed by atoms with Crippen LogP contribution >= 0.6 is 0 Å². The Kier molecular flexibility index (Phi) is 2.71. The molecule has 1 atom stereocenters. The molecule has 1 unspecified atom stereocenters. The van der Waals surface area contributed by atoms with E-state index in [1.807, 2.05) is 0 Å². The summed E-state index contributed by atoms with van der Waals surface area (Å²) >= 11 is 0. The van der Waals surface area contributed by atoms with Gasteiger partial charge in [-0.05, 0) is 18.9 Å². The van der Waals surface area contributed by atoms with Crippen LogP contribution < -0.4 is 5.73 Å². The Labute approximate surface area is 87.0 Å². The Balaban J connectivity index is 2.39. The number of ether oxygens (including phenoxy) is 1. The van der Waals surface area contributed by atoms with Crippen molar-refractivity contribution in [2.75, 3.05) is 13.2 Å². The van der Waals surface area contributed by atoms with Crippen molar-refractivity contribution in [3.8, 4) is 0 Å². The fourth-order valence-corrected chi connectivity index (χ4v) is 1.92. The molecule has 0 spiro atoms. The molecule has 15 heavy (non-hydrogen) atoms. The van der Waals surface area contributed by atoms with Crippen LogP contribution in [0, 0.1) is 11.6 Å². The molecule has 1 heterocycles. The second-order valence-corrected chi connectivity index (χ2v) is 3.91. The third-order valence-corrected chi connectivity index (χ3v) is 2.76. The number of benzene rings is 1. The topological polar surface area (TPSA) is 35.2 Å². The van der Waals surface area contributed by atoms with Gasteiger partial charge in [-0.1, -0.05) is 12.1 Å². The van der Waals surface area contributed by atoms with E-state index in [9.17, 15) is 8.78 Å². The SMILES string of the molecule is NC1(c2cccc(F)c2F)CCCOC1. The lowest BCUT2D eigenvalue weighted by Crippen LogP contribution is -2.45. The molecule has 82 valence electrons. The lowest BCUT2D eigenvalue weighted by Gasteiger charge is -2.33. The Morgan fingerprint density at radius 3 is 2.80 bits per heavy atom. The summed E-state index contributed by atoms with van der Waals surface area (Å²) in [4.78, 5) is 0. The van der Waals surface area contributed by atoms with Gasteiger partial charge in [0, 0.05) is 12.2 Å². The summed E-state index contributed by atoms with van der Waals surface area (Å²) in [5.74, 6) is -1.71. The summed E-state index contributed by atoms with van der Waals surface area (Å²) in [5.41, 5.74) is 5.34. The van der Waals surface area contributed by atoms with Crippen molar-refractivity contribution in [3.63, 3.8) is 0 Å². The van der Waals surface area contributed by atoms with Gasteiger partial charge >= 0.3 is 0 Å². The second kappa shape index (κ2) is 3.87. The maximum atomic E-state index is 13.5. The van der Waals surface area contributed by atoms with Crippen molar-refractivity contribution in [2.24, 2.45) is 5.73 Å². The molecule has 0 aliphatic carbocycles. The minimum Gasteiger partial charge on any atom is -0.379 e. The van der Waals surface area contributed by atoms with Crippen LogP contribution in [0.2, 0.25) is 0 Å². The van der Waals surface area contributed by atoms with Crippen LogP contribution in [0.4, 0.5) is 8.78 Å². The van der Waals surface area contributed by atoms with Gasteiger partial charge in [0.25, 0.3) is 0 Å². The third-order valence-electron chi connectivity index (χ3n) is 2.76. The first-order valence-electron chi connectivity index (χ1n) is 4.95. The first-order chi connectivity index (χ1) is 7.13. The van der Waals surface area contributed by atoms with Gasteiger partial charge in [-0.3, -0.25) is 0 Å². The van der Waals surface area contributed by atoms with E-state index in [1.54, 1.807) is 0 Å². The van der Waals surface area contributed by atoms with Crippen LogP contribution in [0.25, 0.3) is 0 Å². The summed E-state index contributed by atoms with van der Waals surface area (Å²) in [6, 6.07) is 4.08. The molecular weight excluding hydrogens is 200 g/mol. The average Bonchev–Trinajstić information content (AvgIpc) is 2.23. The van der Waals surface area contributed by atoms with Crippen LogP contribution in [-0.4, -0.2) is 13.2 Å². The van der Waals surface area contributed by atoms with E-state index in [0.717, 1.165) is 12.5 Å². The lowest BCUT2D eigenvalue weighted by molar-refractivity contribution is 0.0349. The van der Waals surface area contributed by atoms with Gasteiger partial charge in [-0.25, -0.2) is 8.78 Å². The van der Waals surface area contributed by atoms with Gasteiger partial charge in [-0.2, -0.15) is 0 Å². The van der Waals surface area contributed by atoms with Gasteiger partial charge in [0.15, 0.2) is 11.6 Å². The molecule has 1 aromatic carbocycles. The highest BCUT2D eigenvalue weighted by Gasteiger charge is 2.33. The van der Waals surface area contributed by atoms with Gasteiger partial charge in [0.2, 0.25) is 0 Å². The molecule has 2 nitrogen and oxygen atoms in total. The highest BCUT2D eigenvalue weighted by atomic mass is 19.2. The Bertz CT molecular complexity index is 362. The molecule has 4 heteroatoms. The number of rotatable bonds is 1. The zero-order chi connectivity index (χ0) is 10.9. The van der Waals surface area contributed by atoms with E-state index in [0.29, 0.717) is 13.0 Å². The molecule has 1 aromatic rings. The van der Waals surface area contributed by atoms with Crippen LogP contribution in [-0.2, 0) is 10.3 Å². The standard InChI is InChI=1S/C11H13F2NO/c12-9-4-1-3-8(10(9)13)11(14)5-2-6-15-7-11/h1,3-4H,2,5-7,14H2. The predicted molar refractivity (Wildman–Crippen MR) is 52.3 cm³/mol. The Morgan fingerprint density at radius 2 is 2.13 bits per heavy atom. The average molecular weight is 213 g/mol. The van der Waals surface area contributed by atoms with E-state index in [1.165, 1.54) is 12.1 Å². The van der Waals surface area contributed by atoms with Crippen LogP contribution in [0.3, 0.4) is 0 Å². The third kappa shape index (κ3) is 1.87. The van der Waals surface area contributed by atoms with E-state index in [-0.39, 0.29) is 12.2 Å². The minimum atomic E-state index is -0.884. The molecule has 0 bridgehead atoms. The summed E-state index contributed by atoms with van der Waals surface area (Å²) < 4.78 is 31.8. The van der Waals surface area contributed by atoms with Crippen molar-refractivity contribution in [1.82, 2.24) is 0 Å². The molecule has 0 aromatic heterocycles. The second-order valence-electron chi connectivity index (χ2n) is 3.91. The zero-order valence-electron chi connectivity index (χ0n) is 8.30. The van der Waals surface area contributed by atoms with E-state index >= 15 is 0 Å². The number of hydrogen-bond acceptors (Lipinski definition) is 2. The largest absolute Gasteiger partial charge is 0.379 e. The molecule has 0 amide bonds. The Morgan fingerprint density at radius 1 is 1.33 bits per heavy atom. The fourth-order valence-electron chi connectivity index (χ4n) is 1.92. The number of hydrogen-bond donors (Lipinski definition) is 1. The van der Waals surface area contributed by atoms with Gasteiger partial charge < -0.3 is 10.5 Å². The van der Waals surface area contributed by atoms with Crippen molar-refractivity contribution in [2.45, 2.75) is 18.4 Å². The van der Waals surface area contributed by atoms with Gasteiger partial charge in [0.1, 0.15) is 0 Å². The van der Waals surface area contributed by atoms with Crippen LogP contribution in [0.1, 0.15) is 18.4 Å². The molecule has 1 saturated heterocycles. The van der Waals surface area contributed by atoms with E-state index in [4.69, 9.17) is 10.5 Å². The maximum absolute atomic E-state index is 13.5. The normalized spacial score (nSPS) is 26.6. The monoisotopic (exact) mass is 213 g/mol. The molecule has 2 rings (SSSR count). The summed E-state index contributed by atoms with van der Waals surface area (Å²) in [7, 11) is 0. The number of nitrogens with two attached hydrogens (primary N) is 1. The highest BCUT2D eigenvalue weighted by molar-refractivity contribution is 5.27. The molecule has 0 radical (unpaired) electrons. The van der Waals surface area contributed by atoms with Crippen molar-refractivity contribution < 1.29 is 13.5 Å². The Hall–Kier alpha value is -1.00. The molecule has 1 fully saturated rings. The quantitative estimate of drug-likeness (QED) is 0.773. The molecule has 1 aliphatic rings. The van der Waals surface area contributed by atoms with E-state index in [2.05, 4.69) is 0 Å². The molecular formula is C11H13F2NO. The summed E-state index contributed by atoms with van der Waals surface area (Å²) in [5, 5.41) is 0. The summed E-state index contributed by atoms with van der Waals surface area (Å²) in [6.07, 6.45) is 1.39. The van der Waals surface area contributed by atoms with Crippen molar-refractivity contribution in [3.05, 3.63) is 35.4 Å². The summed E-state index contributed by atoms with van der Waals surface area (Å²) in [6.45, 7) is 0.878. The minimum absolute atomic E-state index is 0.210.